The predicted octanol–water partition coefficient (Wildman–Crippen LogP) is 4.24. The number of carbonyl (C=O) groups excluding carboxylic acids is 1. The van der Waals surface area contributed by atoms with Crippen LogP contribution in [0.25, 0.3) is 10.2 Å². The maximum absolute atomic E-state index is 13.1. The van der Waals surface area contributed by atoms with Crippen LogP contribution in [0.5, 0.6) is 0 Å². The van der Waals surface area contributed by atoms with Crippen LogP contribution in [0.1, 0.15) is 59.2 Å². The highest BCUT2D eigenvalue weighted by Crippen LogP contribution is 2.28. The SMILES string of the molecule is Cc1c(C(=O)N[C@H](C)CCc2ccccc2)sc2nc3n(c(=O)c12)CCCCC3. The molecule has 0 bridgehead atoms. The Kier molecular flexibility index (Phi) is 5.81. The van der Waals surface area contributed by atoms with Crippen LogP contribution >= 0.6 is 11.3 Å². The number of fused-ring (bicyclic) bond motifs is 2. The lowest BCUT2D eigenvalue weighted by Gasteiger charge is -2.13. The van der Waals surface area contributed by atoms with Crippen molar-refractivity contribution in [2.24, 2.45) is 0 Å². The normalized spacial score (nSPS) is 15.0. The van der Waals surface area contributed by atoms with E-state index in [0.717, 1.165) is 56.5 Å². The second-order valence-corrected chi connectivity index (χ2v) is 8.93. The number of aromatic nitrogens is 2. The van der Waals surface area contributed by atoms with Crippen molar-refractivity contribution >= 4 is 27.5 Å². The standard InChI is InChI=1S/C23H27N3O2S/c1-15(12-13-17-9-5-3-6-10-17)24-21(27)20-16(2)19-22(29-20)25-18-11-7-4-8-14-26(18)23(19)28/h3,5-6,9-10,15H,4,7-8,11-14H2,1-2H3,(H,24,27)/t15-/m1/s1. The van der Waals surface area contributed by atoms with Crippen molar-refractivity contribution in [1.82, 2.24) is 14.9 Å². The zero-order valence-electron chi connectivity index (χ0n) is 17.0. The number of hydrogen-bond acceptors (Lipinski definition) is 4. The molecule has 0 saturated carbocycles. The van der Waals surface area contributed by atoms with E-state index in [1.165, 1.54) is 16.9 Å². The van der Waals surface area contributed by atoms with Crippen molar-refractivity contribution < 1.29 is 4.79 Å². The fraction of sp³-hybridized carbons (Fsp3) is 0.435. The molecule has 2 aromatic heterocycles. The minimum atomic E-state index is -0.106. The first-order valence-corrected chi connectivity index (χ1v) is 11.2. The van der Waals surface area contributed by atoms with E-state index in [2.05, 4.69) is 17.4 Å². The van der Waals surface area contributed by atoms with Crippen LogP contribution < -0.4 is 10.9 Å². The van der Waals surface area contributed by atoms with E-state index in [4.69, 9.17) is 4.98 Å². The summed E-state index contributed by atoms with van der Waals surface area (Å²) < 4.78 is 1.82. The van der Waals surface area contributed by atoms with Gasteiger partial charge in [0.15, 0.2) is 0 Å². The van der Waals surface area contributed by atoms with Crippen LogP contribution in [0.2, 0.25) is 0 Å². The predicted molar refractivity (Wildman–Crippen MR) is 118 cm³/mol. The third-order valence-electron chi connectivity index (χ3n) is 5.70. The highest BCUT2D eigenvalue weighted by atomic mass is 32.1. The van der Waals surface area contributed by atoms with Crippen LogP contribution in [0, 0.1) is 6.92 Å². The first-order chi connectivity index (χ1) is 14.0. The molecular weight excluding hydrogens is 382 g/mol. The highest BCUT2D eigenvalue weighted by Gasteiger charge is 2.22. The number of hydrogen-bond donors (Lipinski definition) is 1. The third kappa shape index (κ3) is 4.13. The quantitative estimate of drug-likeness (QED) is 0.685. The second kappa shape index (κ2) is 8.49. The zero-order chi connectivity index (χ0) is 20.4. The molecule has 1 amide bonds. The minimum Gasteiger partial charge on any atom is -0.349 e. The molecular formula is C23H27N3O2S. The summed E-state index contributed by atoms with van der Waals surface area (Å²) >= 11 is 1.35. The van der Waals surface area contributed by atoms with Gasteiger partial charge in [0, 0.05) is 19.0 Å². The number of carbonyl (C=O) groups is 1. The fourth-order valence-corrected chi connectivity index (χ4v) is 5.11. The molecule has 0 aliphatic carbocycles. The Bertz CT molecular complexity index is 1080. The Morgan fingerprint density at radius 2 is 2.03 bits per heavy atom. The van der Waals surface area contributed by atoms with E-state index in [9.17, 15) is 9.59 Å². The lowest BCUT2D eigenvalue weighted by atomic mass is 10.1. The molecule has 5 nitrogen and oxygen atoms in total. The first-order valence-electron chi connectivity index (χ1n) is 10.4. The lowest BCUT2D eigenvalue weighted by molar-refractivity contribution is 0.0942. The van der Waals surface area contributed by atoms with E-state index in [1.54, 1.807) is 0 Å². The van der Waals surface area contributed by atoms with Crippen molar-refractivity contribution in [1.29, 1.82) is 0 Å². The van der Waals surface area contributed by atoms with E-state index in [-0.39, 0.29) is 17.5 Å². The summed E-state index contributed by atoms with van der Waals surface area (Å²) in [4.78, 5) is 32.0. The van der Waals surface area contributed by atoms with E-state index < -0.39 is 0 Å². The van der Waals surface area contributed by atoms with Gasteiger partial charge in [-0.25, -0.2) is 4.98 Å². The Morgan fingerprint density at radius 3 is 2.83 bits per heavy atom. The Balaban J connectivity index is 1.54. The summed E-state index contributed by atoms with van der Waals surface area (Å²) in [7, 11) is 0. The Morgan fingerprint density at radius 1 is 1.24 bits per heavy atom. The molecule has 0 spiro atoms. The lowest BCUT2D eigenvalue weighted by Crippen LogP contribution is -2.32. The van der Waals surface area contributed by atoms with E-state index in [0.29, 0.717) is 15.1 Å². The number of amides is 1. The summed E-state index contributed by atoms with van der Waals surface area (Å²) in [6.45, 7) is 4.62. The van der Waals surface area contributed by atoms with Crippen LogP contribution in [0.3, 0.4) is 0 Å². The molecule has 0 radical (unpaired) electrons. The molecule has 0 unspecified atom stereocenters. The monoisotopic (exact) mass is 409 g/mol. The zero-order valence-corrected chi connectivity index (χ0v) is 17.8. The van der Waals surface area contributed by atoms with Gasteiger partial charge in [0.1, 0.15) is 10.7 Å². The number of thiophene rings is 1. The molecule has 29 heavy (non-hydrogen) atoms. The van der Waals surface area contributed by atoms with Crippen molar-refractivity contribution in [2.75, 3.05) is 0 Å². The number of rotatable bonds is 5. The summed E-state index contributed by atoms with van der Waals surface area (Å²) in [6.07, 6.45) is 5.83. The van der Waals surface area contributed by atoms with Crippen molar-refractivity contribution in [2.45, 2.75) is 65.0 Å². The van der Waals surface area contributed by atoms with Gasteiger partial charge in [-0.05, 0) is 50.7 Å². The largest absolute Gasteiger partial charge is 0.349 e. The molecule has 1 aromatic carbocycles. The minimum absolute atomic E-state index is 0.0110. The van der Waals surface area contributed by atoms with E-state index in [1.807, 2.05) is 36.6 Å². The Labute approximate surface area is 174 Å². The molecule has 152 valence electrons. The van der Waals surface area contributed by atoms with Gasteiger partial charge in [0.05, 0.1) is 10.3 Å². The van der Waals surface area contributed by atoms with Gasteiger partial charge in [0.2, 0.25) is 0 Å². The molecule has 1 aliphatic heterocycles. The molecule has 1 N–H and O–H groups in total. The number of nitrogens with zero attached hydrogens (tertiary/aromatic N) is 2. The number of benzene rings is 1. The van der Waals surface area contributed by atoms with Gasteiger partial charge >= 0.3 is 0 Å². The number of nitrogens with one attached hydrogen (secondary N) is 1. The summed E-state index contributed by atoms with van der Waals surface area (Å²) in [5.41, 5.74) is 2.04. The van der Waals surface area contributed by atoms with Gasteiger partial charge < -0.3 is 5.32 Å². The smallest absolute Gasteiger partial charge is 0.262 e. The number of aryl methyl sites for hydroxylation is 3. The van der Waals surface area contributed by atoms with Crippen LogP contribution in [0.15, 0.2) is 35.1 Å². The summed E-state index contributed by atoms with van der Waals surface area (Å²) in [5.74, 6) is 0.759. The Hall–Kier alpha value is -2.47. The summed E-state index contributed by atoms with van der Waals surface area (Å²) in [5, 5.41) is 3.72. The maximum atomic E-state index is 13.1. The molecule has 1 atom stereocenters. The molecule has 0 fully saturated rings. The van der Waals surface area contributed by atoms with Crippen molar-refractivity contribution in [3.8, 4) is 0 Å². The molecule has 3 aromatic rings. The van der Waals surface area contributed by atoms with E-state index >= 15 is 0 Å². The van der Waals surface area contributed by atoms with Gasteiger partial charge in [0.25, 0.3) is 11.5 Å². The third-order valence-corrected chi connectivity index (χ3v) is 6.89. The van der Waals surface area contributed by atoms with Crippen LogP contribution in [-0.4, -0.2) is 21.5 Å². The molecule has 1 aliphatic rings. The fourth-order valence-electron chi connectivity index (χ4n) is 4.02. The van der Waals surface area contributed by atoms with Crippen LogP contribution in [0.4, 0.5) is 0 Å². The second-order valence-electron chi connectivity index (χ2n) is 7.93. The van der Waals surface area contributed by atoms with Gasteiger partial charge in [-0.3, -0.25) is 14.2 Å². The average molecular weight is 410 g/mol. The highest BCUT2D eigenvalue weighted by molar-refractivity contribution is 7.20. The first kappa shape index (κ1) is 19.8. The maximum Gasteiger partial charge on any atom is 0.262 e. The molecule has 6 heteroatoms. The average Bonchev–Trinajstić information content (AvgIpc) is 2.88. The molecule has 0 saturated heterocycles. The van der Waals surface area contributed by atoms with Gasteiger partial charge in [-0.1, -0.05) is 36.8 Å². The van der Waals surface area contributed by atoms with Crippen molar-refractivity contribution in [3.63, 3.8) is 0 Å². The van der Waals surface area contributed by atoms with Crippen LogP contribution in [-0.2, 0) is 19.4 Å². The summed E-state index contributed by atoms with van der Waals surface area (Å²) in [6, 6.07) is 10.3. The topological polar surface area (TPSA) is 64.0 Å². The molecule has 4 rings (SSSR count). The van der Waals surface area contributed by atoms with Gasteiger partial charge in [-0.15, -0.1) is 11.3 Å². The van der Waals surface area contributed by atoms with Gasteiger partial charge in [-0.2, -0.15) is 0 Å². The molecule has 3 heterocycles. The van der Waals surface area contributed by atoms with Crippen molar-refractivity contribution in [3.05, 3.63) is 62.5 Å².